The number of anilines is 1. The molecule has 2 aromatic rings. The maximum Gasteiger partial charge on any atom is 0.266 e. The summed E-state index contributed by atoms with van der Waals surface area (Å²) in [6.45, 7) is 0. The van der Waals surface area contributed by atoms with Crippen LogP contribution in [0.15, 0.2) is 41.3 Å². The van der Waals surface area contributed by atoms with Gasteiger partial charge in [-0.05, 0) is 30.3 Å². The third kappa shape index (κ3) is 4.25. The van der Waals surface area contributed by atoms with Gasteiger partial charge in [-0.25, -0.2) is 8.42 Å². The Morgan fingerprint density at radius 1 is 1.12 bits per heavy atom. The summed E-state index contributed by atoms with van der Waals surface area (Å²) in [6.07, 6.45) is 0. The monoisotopic (exact) mass is 422 g/mol. The van der Waals surface area contributed by atoms with Gasteiger partial charge in [-0.3, -0.25) is 9.63 Å². The van der Waals surface area contributed by atoms with E-state index in [2.05, 4.69) is 5.32 Å². The molecule has 0 aliphatic rings. The van der Waals surface area contributed by atoms with E-state index in [9.17, 15) is 13.2 Å². The Hall–Kier alpha value is -1.35. The van der Waals surface area contributed by atoms with Crippen molar-refractivity contribution in [2.45, 2.75) is 4.90 Å². The van der Waals surface area contributed by atoms with Gasteiger partial charge in [0.05, 0.1) is 27.9 Å². The summed E-state index contributed by atoms with van der Waals surface area (Å²) in [7, 11) is -1.60. The van der Waals surface area contributed by atoms with E-state index in [1.165, 1.54) is 26.3 Å². The van der Waals surface area contributed by atoms with E-state index in [1.54, 1.807) is 18.2 Å². The first kappa shape index (κ1) is 20.0. The molecule has 25 heavy (non-hydrogen) atoms. The molecule has 0 unspecified atom stereocenters. The summed E-state index contributed by atoms with van der Waals surface area (Å²) < 4.78 is 25.4. The maximum atomic E-state index is 12.4. The first-order chi connectivity index (χ1) is 11.7. The fourth-order valence-corrected chi connectivity index (χ4v) is 3.70. The molecule has 0 radical (unpaired) electrons. The van der Waals surface area contributed by atoms with Gasteiger partial charge in [-0.2, -0.15) is 0 Å². The number of hydrogen-bond donors (Lipinski definition) is 1. The summed E-state index contributed by atoms with van der Waals surface area (Å²) in [5.41, 5.74) is 0.371. The molecule has 0 fully saturated rings. The first-order valence-electron chi connectivity index (χ1n) is 6.76. The Balaban J connectivity index is 2.39. The van der Waals surface area contributed by atoms with Crippen LogP contribution >= 0.6 is 34.8 Å². The fourth-order valence-electron chi connectivity index (χ4n) is 1.87. The average molecular weight is 424 g/mol. The number of nitrogens with zero attached hydrogens (tertiary/aromatic N) is 1. The van der Waals surface area contributed by atoms with Crippen LogP contribution in [-0.2, 0) is 14.9 Å². The van der Waals surface area contributed by atoms with E-state index < -0.39 is 15.9 Å². The Morgan fingerprint density at radius 3 is 2.44 bits per heavy atom. The van der Waals surface area contributed by atoms with Gasteiger partial charge in [0.2, 0.25) is 0 Å². The van der Waals surface area contributed by atoms with E-state index in [4.69, 9.17) is 39.6 Å². The van der Waals surface area contributed by atoms with Crippen LogP contribution in [0.1, 0.15) is 10.4 Å². The van der Waals surface area contributed by atoms with Crippen molar-refractivity contribution < 1.29 is 18.0 Å². The van der Waals surface area contributed by atoms with Gasteiger partial charge in [0.15, 0.2) is 0 Å². The van der Waals surface area contributed by atoms with E-state index >= 15 is 0 Å². The van der Waals surface area contributed by atoms with Crippen molar-refractivity contribution in [1.29, 1.82) is 0 Å². The minimum Gasteiger partial charge on any atom is -0.321 e. The standard InChI is InChI=1S/C15H13Cl3N2O4S/c1-20(24-2)25(22,23)13-8-9(6-7-10(13)16)15(21)19-12-5-3-4-11(17)14(12)18/h3-8H,1-2H3,(H,19,21). The normalized spacial score (nSPS) is 11.6. The number of amides is 1. The molecule has 1 N–H and O–H groups in total. The molecule has 0 atom stereocenters. The lowest BCUT2D eigenvalue weighted by Gasteiger charge is -2.16. The van der Waals surface area contributed by atoms with Gasteiger partial charge in [0.1, 0.15) is 4.90 Å². The smallest absolute Gasteiger partial charge is 0.266 e. The summed E-state index contributed by atoms with van der Waals surface area (Å²) in [4.78, 5) is 16.9. The molecule has 0 saturated carbocycles. The summed E-state index contributed by atoms with van der Waals surface area (Å²) in [5.74, 6) is -0.572. The van der Waals surface area contributed by atoms with Crippen molar-refractivity contribution in [3.05, 3.63) is 57.0 Å². The predicted molar refractivity (Wildman–Crippen MR) is 97.8 cm³/mol. The lowest BCUT2D eigenvalue weighted by atomic mass is 10.2. The fraction of sp³-hybridized carbons (Fsp3) is 0.133. The topological polar surface area (TPSA) is 75.7 Å². The van der Waals surface area contributed by atoms with Crippen LogP contribution < -0.4 is 5.32 Å². The molecule has 0 bridgehead atoms. The van der Waals surface area contributed by atoms with Crippen LogP contribution in [0.5, 0.6) is 0 Å². The van der Waals surface area contributed by atoms with Crippen molar-refractivity contribution in [2.75, 3.05) is 19.5 Å². The molecule has 10 heteroatoms. The number of hydroxylamine groups is 1. The van der Waals surface area contributed by atoms with Crippen LogP contribution in [0.3, 0.4) is 0 Å². The van der Waals surface area contributed by atoms with Gasteiger partial charge in [-0.1, -0.05) is 45.3 Å². The SMILES string of the molecule is CON(C)S(=O)(=O)c1cc(C(=O)Nc2cccc(Cl)c2Cl)ccc1Cl. The third-order valence-electron chi connectivity index (χ3n) is 3.27. The summed E-state index contributed by atoms with van der Waals surface area (Å²) in [5, 5.41) is 2.99. The van der Waals surface area contributed by atoms with Gasteiger partial charge in [0.25, 0.3) is 15.9 Å². The predicted octanol–water partition coefficient (Wildman–Crippen LogP) is 4.08. The van der Waals surface area contributed by atoms with Crippen molar-refractivity contribution in [3.8, 4) is 0 Å². The molecule has 6 nitrogen and oxygen atoms in total. The van der Waals surface area contributed by atoms with E-state index in [1.807, 2.05) is 0 Å². The highest BCUT2D eigenvalue weighted by molar-refractivity contribution is 7.89. The molecule has 0 spiro atoms. The molecule has 0 heterocycles. The highest BCUT2D eigenvalue weighted by Crippen LogP contribution is 2.30. The van der Waals surface area contributed by atoms with Crippen LogP contribution in [0.2, 0.25) is 15.1 Å². The molecule has 2 rings (SSSR count). The average Bonchev–Trinajstić information content (AvgIpc) is 2.58. The number of sulfonamides is 1. The van der Waals surface area contributed by atoms with E-state index in [0.29, 0.717) is 10.2 Å². The number of hydrogen-bond acceptors (Lipinski definition) is 4. The van der Waals surface area contributed by atoms with Gasteiger partial charge in [0, 0.05) is 12.6 Å². The zero-order valence-electron chi connectivity index (χ0n) is 13.1. The van der Waals surface area contributed by atoms with Crippen LogP contribution in [0.25, 0.3) is 0 Å². The number of halogens is 3. The van der Waals surface area contributed by atoms with Crippen LogP contribution in [0.4, 0.5) is 5.69 Å². The molecular weight excluding hydrogens is 411 g/mol. The molecule has 0 aliphatic carbocycles. The Bertz CT molecular complexity index is 919. The van der Waals surface area contributed by atoms with Crippen LogP contribution in [-0.4, -0.2) is 33.0 Å². The van der Waals surface area contributed by atoms with Crippen molar-refractivity contribution in [2.24, 2.45) is 0 Å². The molecule has 0 aliphatic heterocycles. The zero-order valence-corrected chi connectivity index (χ0v) is 16.2. The second-order valence-corrected chi connectivity index (χ2v) is 7.89. The highest BCUT2D eigenvalue weighted by atomic mass is 35.5. The third-order valence-corrected chi connectivity index (χ3v) is 6.25. The summed E-state index contributed by atoms with van der Waals surface area (Å²) in [6, 6.07) is 8.62. The number of carbonyl (C=O) groups excluding carboxylic acids is 1. The Morgan fingerprint density at radius 2 is 1.80 bits per heavy atom. The maximum absolute atomic E-state index is 12.4. The van der Waals surface area contributed by atoms with Crippen LogP contribution in [0, 0.1) is 0 Å². The van der Waals surface area contributed by atoms with Gasteiger partial charge in [-0.15, -0.1) is 0 Å². The number of benzene rings is 2. The van der Waals surface area contributed by atoms with Crippen molar-refractivity contribution in [1.82, 2.24) is 4.47 Å². The second-order valence-electron chi connectivity index (χ2n) is 4.80. The molecule has 0 saturated heterocycles. The lowest BCUT2D eigenvalue weighted by molar-refractivity contribution is -0.0258. The van der Waals surface area contributed by atoms with Crippen molar-refractivity contribution in [3.63, 3.8) is 0 Å². The Kier molecular flexibility index (Phi) is 6.31. The minimum absolute atomic E-state index is 0.0405. The molecule has 1 amide bonds. The number of nitrogens with one attached hydrogen (secondary N) is 1. The first-order valence-corrected chi connectivity index (χ1v) is 9.34. The molecule has 2 aromatic carbocycles. The quantitative estimate of drug-likeness (QED) is 0.735. The van der Waals surface area contributed by atoms with E-state index in [-0.39, 0.29) is 25.5 Å². The zero-order chi connectivity index (χ0) is 18.8. The molecular formula is C15H13Cl3N2O4S. The number of rotatable bonds is 5. The largest absolute Gasteiger partial charge is 0.321 e. The van der Waals surface area contributed by atoms with E-state index in [0.717, 1.165) is 6.07 Å². The minimum atomic E-state index is -4.01. The second kappa shape index (κ2) is 7.90. The number of carbonyl (C=O) groups is 1. The van der Waals surface area contributed by atoms with Crippen molar-refractivity contribution >= 4 is 56.4 Å². The molecule has 134 valence electrons. The summed E-state index contributed by atoms with van der Waals surface area (Å²) >= 11 is 17.9. The van der Waals surface area contributed by atoms with Gasteiger partial charge < -0.3 is 5.32 Å². The Labute approximate surface area is 160 Å². The van der Waals surface area contributed by atoms with Gasteiger partial charge >= 0.3 is 0 Å². The molecule has 0 aromatic heterocycles. The highest BCUT2D eigenvalue weighted by Gasteiger charge is 2.25. The lowest BCUT2D eigenvalue weighted by Crippen LogP contribution is -2.26.